The molecule has 0 spiro atoms. The molecule has 3 rings (SSSR count). The Morgan fingerprint density at radius 1 is 1.07 bits per heavy atom. The fourth-order valence-corrected chi connectivity index (χ4v) is 2.71. The molecule has 2 N–H and O–H groups in total. The highest BCUT2D eigenvalue weighted by atomic mass is 16.5. The van der Waals surface area contributed by atoms with E-state index in [0.29, 0.717) is 23.0 Å². The van der Waals surface area contributed by atoms with Crippen LogP contribution in [0.3, 0.4) is 0 Å². The molecule has 1 amide bonds. The average Bonchev–Trinajstić information content (AvgIpc) is 2.68. The van der Waals surface area contributed by atoms with Gasteiger partial charge in [-0.25, -0.2) is 9.97 Å². The van der Waals surface area contributed by atoms with E-state index >= 15 is 0 Å². The van der Waals surface area contributed by atoms with Gasteiger partial charge in [-0.1, -0.05) is 25.1 Å². The van der Waals surface area contributed by atoms with E-state index in [4.69, 9.17) is 4.74 Å². The Labute approximate surface area is 158 Å². The van der Waals surface area contributed by atoms with Gasteiger partial charge < -0.3 is 15.4 Å². The molecule has 0 aliphatic heterocycles. The normalized spacial score (nSPS) is 10.3. The lowest BCUT2D eigenvalue weighted by Crippen LogP contribution is -2.15. The van der Waals surface area contributed by atoms with E-state index in [2.05, 4.69) is 33.6 Å². The van der Waals surface area contributed by atoms with Crippen molar-refractivity contribution in [3.8, 4) is 5.75 Å². The van der Waals surface area contributed by atoms with E-state index in [1.165, 1.54) is 5.56 Å². The van der Waals surface area contributed by atoms with E-state index < -0.39 is 0 Å². The number of hydrogen-bond acceptors (Lipinski definition) is 5. The van der Waals surface area contributed by atoms with Crippen LogP contribution >= 0.6 is 0 Å². The molecule has 0 fully saturated rings. The number of nitrogens with one attached hydrogen (secondary N) is 2. The van der Waals surface area contributed by atoms with Crippen molar-refractivity contribution in [1.82, 2.24) is 9.97 Å². The van der Waals surface area contributed by atoms with Crippen molar-refractivity contribution in [3.05, 3.63) is 71.7 Å². The SMILES string of the molecule is CCc1ccccc1Nc1cc(C(=O)Nc2ccc(OC)cc2)nc(C)n1. The smallest absolute Gasteiger partial charge is 0.274 e. The zero-order chi connectivity index (χ0) is 19.2. The highest BCUT2D eigenvalue weighted by Gasteiger charge is 2.12. The number of anilines is 3. The van der Waals surface area contributed by atoms with E-state index in [9.17, 15) is 4.79 Å². The van der Waals surface area contributed by atoms with Gasteiger partial charge in [0.1, 0.15) is 23.1 Å². The number of carbonyl (C=O) groups is 1. The van der Waals surface area contributed by atoms with Gasteiger partial charge in [-0.3, -0.25) is 4.79 Å². The summed E-state index contributed by atoms with van der Waals surface area (Å²) in [5.41, 5.74) is 3.12. The predicted molar refractivity (Wildman–Crippen MR) is 107 cm³/mol. The van der Waals surface area contributed by atoms with E-state index in [1.807, 2.05) is 18.2 Å². The van der Waals surface area contributed by atoms with Crippen LogP contribution in [-0.4, -0.2) is 23.0 Å². The molecule has 0 unspecified atom stereocenters. The minimum atomic E-state index is -0.294. The van der Waals surface area contributed by atoms with Gasteiger partial charge in [0.05, 0.1) is 7.11 Å². The molecule has 0 atom stereocenters. The number of aromatic nitrogens is 2. The van der Waals surface area contributed by atoms with Gasteiger partial charge in [-0.15, -0.1) is 0 Å². The quantitative estimate of drug-likeness (QED) is 0.682. The van der Waals surface area contributed by atoms with Gasteiger partial charge >= 0.3 is 0 Å². The number of benzene rings is 2. The summed E-state index contributed by atoms with van der Waals surface area (Å²) >= 11 is 0. The van der Waals surface area contributed by atoms with Crippen molar-refractivity contribution in [2.24, 2.45) is 0 Å². The van der Waals surface area contributed by atoms with Gasteiger partial charge in [-0.2, -0.15) is 0 Å². The van der Waals surface area contributed by atoms with Crippen LogP contribution in [0, 0.1) is 6.92 Å². The minimum Gasteiger partial charge on any atom is -0.497 e. The maximum absolute atomic E-state index is 12.6. The standard InChI is InChI=1S/C21H22N4O2/c1-4-15-7-5-6-8-18(15)25-20-13-19(22-14(2)23-20)21(26)24-16-9-11-17(27-3)12-10-16/h5-13H,4H2,1-3H3,(H,24,26)(H,22,23,25). The molecule has 1 aromatic heterocycles. The molecule has 3 aromatic rings. The molecule has 0 aliphatic carbocycles. The van der Waals surface area contributed by atoms with Crippen LogP contribution < -0.4 is 15.4 Å². The van der Waals surface area contributed by atoms with Crippen LogP contribution in [-0.2, 0) is 6.42 Å². The van der Waals surface area contributed by atoms with Gasteiger partial charge in [0.2, 0.25) is 0 Å². The molecular weight excluding hydrogens is 340 g/mol. The fraction of sp³-hybridized carbons (Fsp3) is 0.190. The van der Waals surface area contributed by atoms with Crippen LogP contribution in [0.25, 0.3) is 0 Å². The fourth-order valence-electron chi connectivity index (χ4n) is 2.71. The van der Waals surface area contributed by atoms with E-state index in [1.54, 1.807) is 44.4 Å². The molecule has 0 saturated carbocycles. The zero-order valence-corrected chi connectivity index (χ0v) is 15.6. The molecule has 27 heavy (non-hydrogen) atoms. The molecule has 2 aromatic carbocycles. The lowest BCUT2D eigenvalue weighted by atomic mass is 10.1. The van der Waals surface area contributed by atoms with Gasteiger partial charge in [-0.05, 0) is 49.2 Å². The summed E-state index contributed by atoms with van der Waals surface area (Å²) in [5.74, 6) is 1.54. The molecule has 0 bridgehead atoms. The summed E-state index contributed by atoms with van der Waals surface area (Å²) in [6, 6.07) is 16.8. The number of para-hydroxylation sites is 1. The third-order valence-corrected chi connectivity index (χ3v) is 4.08. The van der Waals surface area contributed by atoms with Crippen LogP contribution in [0.5, 0.6) is 5.75 Å². The Bertz CT molecular complexity index is 939. The third-order valence-electron chi connectivity index (χ3n) is 4.08. The van der Waals surface area contributed by atoms with Crippen molar-refractivity contribution in [1.29, 1.82) is 0 Å². The number of amides is 1. The zero-order valence-electron chi connectivity index (χ0n) is 15.6. The number of methoxy groups -OCH3 is 1. The molecule has 0 aliphatic rings. The van der Waals surface area contributed by atoms with E-state index in [0.717, 1.165) is 17.9 Å². The minimum absolute atomic E-state index is 0.294. The van der Waals surface area contributed by atoms with Crippen molar-refractivity contribution in [3.63, 3.8) is 0 Å². The molecule has 6 heteroatoms. The van der Waals surface area contributed by atoms with Gasteiger partial charge in [0.15, 0.2) is 0 Å². The molecule has 6 nitrogen and oxygen atoms in total. The summed E-state index contributed by atoms with van der Waals surface area (Å²) in [7, 11) is 1.60. The maximum Gasteiger partial charge on any atom is 0.274 e. The van der Waals surface area contributed by atoms with Crippen LogP contribution in [0.4, 0.5) is 17.2 Å². The van der Waals surface area contributed by atoms with Crippen molar-refractivity contribution in [2.75, 3.05) is 17.7 Å². The monoisotopic (exact) mass is 362 g/mol. The molecule has 0 radical (unpaired) electrons. The summed E-state index contributed by atoms with van der Waals surface area (Å²) in [6.45, 7) is 3.86. The Morgan fingerprint density at radius 2 is 1.81 bits per heavy atom. The number of aryl methyl sites for hydroxylation is 2. The van der Waals surface area contributed by atoms with Crippen molar-refractivity contribution in [2.45, 2.75) is 20.3 Å². The molecule has 138 valence electrons. The summed E-state index contributed by atoms with van der Waals surface area (Å²) in [4.78, 5) is 21.2. The van der Waals surface area contributed by atoms with E-state index in [-0.39, 0.29) is 5.91 Å². The first-order valence-electron chi connectivity index (χ1n) is 8.75. The third kappa shape index (κ3) is 4.61. The Morgan fingerprint density at radius 3 is 2.52 bits per heavy atom. The molecule has 0 saturated heterocycles. The first kappa shape index (κ1) is 18.4. The van der Waals surface area contributed by atoms with Gasteiger partial charge in [0.25, 0.3) is 5.91 Å². The molecular formula is C21H22N4O2. The van der Waals surface area contributed by atoms with Crippen LogP contribution in [0.2, 0.25) is 0 Å². The predicted octanol–water partition coefficient (Wildman–Crippen LogP) is 4.35. The first-order chi connectivity index (χ1) is 13.1. The molecule has 1 heterocycles. The number of hydrogen-bond donors (Lipinski definition) is 2. The Balaban J connectivity index is 1.80. The second kappa shape index (κ2) is 8.31. The second-order valence-corrected chi connectivity index (χ2v) is 6.00. The average molecular weight is 362 g/mol. The second-order valence-electron chi connectivity index (χ2n) is 6.00. The number of nitrogens with zero attached hydrogens (tertiary/aromatic N) is 2. The Kier molecular flexibility index (Phi) is 5.66. The van der Waals surface area contributed by atoms with Crippen molar-refractivity contribution >= 4 is 23.1 Å². The highest BCUT2D eigenvalue weighted by Crippen LogP contribution is 2.21. The Hall–Kier alpha value is -3.41. The maximum atomic E-state index is 12.6. The summed E-state index contributed by atoms with van der Waals surface area (Å²) in [6.07, 6.45) is 0.901. The van der Waals surface area contributed by atoms with Crippen molar-refractivity contribution < 1.29 is 9.53 Å². The summed E-state index contributed by atoms with van der Waals surface area (Å²) < 4.78 is 5.12. The van der Waals surface area contributed by atoms with Crippen LogP contribution in [0.15, 0.2) is 54.6 Å². The lowest BCUT2D eigenvalue weighted by Gasteiger charge is -2.12. The topological polar surface area (TPSA) is 76.1 Å². The number of ether oxygens (including phenoxy) is 1. The summed E-state index contributed by atoms with van der Waals surface area (Å²) in [5, 5.41) is 6.13. The largest absolute Gasteiger partial charge is 0.497 e. The first-order valence-corrected chi connectivity index (χ1v) is 8.75. The lowest BCUT2D eigenvalue weighted by molar-refractivity contribution is 0.102. The highest BCUT2D eigenvalue weighted by molar-refractivity contribution is 6.03. The van der Waals surface area contributed by atoms with Crippen LogP contribution in [0.1, 0.15) is 28.8 Å². The number of rotatable bonds is 6. The number of carbonyl (C=O) groups excluding carboxylic acids is 1. The van der Waals surface area contributed by atoms with Gasteiger partial charge in [0, 0.05) is 17.4 Å².